The monoisotopic (exact) mass is 418 g/mol. The molecule has 1 heterocycles. The van der Waals surface area contributed by atoms with Gasteiger partial charge in [0.15, 0.2) is 6.10 Å². The summed E-state index contributed by atoms with van der Waals surface area (Å²) in [6.07, 6.45) is -1.36. The smallest absolute Gasteiger partial charge is 0.355 e. The lowest BCUT2D eigenvalue weighted by Crippen LogP contribution is -2.37. The number of aryl methyl sites for hydroxylation is 1. The Balaban J connectivity index is 2.08. The summed E-state index contributed by atoms with van der Waals surface area (Å²) in [4.78, 5) is 41.6. The number of ether oxygens (including phenoxy) is 2. The van der Waals surface area contributed by atoms with Gasteiger partial charge in [0.05, 0.1) is 11.7 Å². The van der Waals surface area contributed by atoms with E-state index in [0.29, 0.717) is 16.8 Å². The predicted octanol–water partition coefficient (Wildman–Crippen LogP) is 3.54. The number of carbonyl (C=O) groups is 3. The number of nitrogens with one attached hydrogen (secondary N) is 1. The highest BCUT2D eigenvalue weighted by Gasteiger charge is 2.28. The molecule has 1 aromatic heterocycles. The van der Waals surface area contributed by atoms with E-state index in [1.807, 2.05) is 0 Å². The van der Waals surface area contributed by atoms with Gasteiger partial charge in [-0.1, -0.05) is 12.1 Å². The number of aromatic amines is 1. The Hall–Kier alpha value is -3.16. The van der Waals surface area contributed by atoms with Crippen molar-refractivity contribution in [3.63, 3.8) is 0 Å². The second-order valence-corrected chi connectivity index (χ2v) is 7.45. The first-order valence-electron chi connectivity index (χ1n) is 9.61. The van der Waals surface area contributed by atoms with Gasteiger partial charge in [0.2, 0.25) is 0 Å². The molecule has 1 N–H and O–H groups in total. The summed E-state index contributed by atoms with van der Waals surface area (Å²) in [6, 6.07) is 5.92. The van der Waals surface area contributed by atoms with Crippen LogP contribution in [-0.2, 0) is 20.8 Å². The van der Waals surface area contributed by atoms with Gasteiger partial charge >= 0.3 is 11.9 Å². The summed E-state index contributed by atoms with van der Waals surface area (Å²) in [7, 11) is 1.54. The number of hydrogen-bond acceptors (Lipinski definition) is 5. The van der Waals surface area contributed by atoms with E-state index in [1.54, 1.807) is 46.9 Å². The van der Waals surface area contributed by atoms with E-state index < -0.39 is 29.8 Å². The topological polar surface area (TPSA) is 88.7 Å². The fraction of sp³-hybridized carbons (Fsp3) is 0.409. The molecule has 0 saturated carbocycles. The van der Waals surface area contributed by atoms with E-state index in [2.05, 4.69) is 4.98 Å². The van der Waals surface area contributed by atoms with Crippen LogP contribution in [0.3, 0.4) is 0 Å². The molecule has 2 rings (SSSR count). The molecule has 8 heteroatoms. The Morgan fingerprint density at radius 3 is 2.37 bits per heavy atom. The van der Waals surface area contributed by atoms with Crippen molar-refractivity contribution < 1.29 is 28.2 Å². The number of halogens is 1. The molecule has 7 nitrogen and oxygen atoms in total. The average Bonchev–Trinajstić information content (AvgIpc) is 2.94. The van der Waals surface area contributed by atoms with Crippen molar-refractivity contribution in [1.29, 1.82) is 0 Å². The highest BCUT2D eigenvalue weighted by Crippen LogP contribution is 2.21. The molecular formula is C22H27FN2O5. The molecule has 1 unspecified atom stereocenters. The van der Waals surface area contributed by atoms with Crippen LogP contribution in [0, 0.1) is 19.7 Å². The predicted molar refractivity (Wildman–Crippen MR) is 109 cm³/mol. The second-order valence-electron chi connectivity index (χ2n) is 7.45. The maximum Gasteiger partial charge on any atom is 0.355 e. The van der Waals surface area contributed by atoms with Crippen molar-refractivity contribution >= 4 is 17.8 Å². The van der Waals surface area contributed by atoms with Crippen LogP contribution in [0.5, 0.6) is 0 Å². The zero-order valence-corrected chi connectivity index (χ0v) is 18.0. The number of esters is 2. The summed E-state index contributed by atoms with van der Waals surface area (Å²) in [6.45, 7) is 8.36. The highest BCUT2D eigenvalue weighted by molar-refractivity contribution is 5.99. The molecule has 0 aliphatic heterocycles. The van der Waals surface area contributed by atoms with Crippen LogP contribution in [0.4, 0.5) is 4.39 Å². The van der Waals surface area contributed by atoms with Crippen LogP contribution in [0.1, 0.15) is 58.4 Å². The zero-order valence-electron chi connectivity index (χ0n) is 18.0. The number of likely N-dealkylation sites (N-methyl/N-ethyl adjacent to an activating group) is 1. The van der Waals surface area contributed by atoms with Crippen LogP contribution in [0.25, 0.3) is 0 Å². The Bertz CT molecular complexity index is 951. The maximum atomic E-state index is 13.3. The van der Waals surface area contributed by atoms with Gasteiger partial charge in [-0.05, 0) is 57.9 Å². The standard InChI is InChI=1S/C22H27FN2O5/c1-12(2)29-21(27)18-13(3)19(24-14(18)4)22(28)30-15(5)20(26)25(6)11-16-8-7-9-17(23)10-16/h7-10,12,15,24H,11H2,1-6H3. The third kappa shape index (κ3) is 5.46. The first kappa shape index (κ1) is 23.1. The van der Waals surface area contributed by atoms with Crippen LogP contribution in [0.2, 0.25) is 0 Å². The molecule has 0 saturated heterocycles. The van der Waals surface area contributed by atoms with Crippen molar-refractivity contribution in [2.45, 2.75) is 53.4 Å². The Morgan fingerprint density at radius 2 is 1.77 bits per heavy atom. The SMILES string of the molecule is Cc1[nH]c(C(=O)OC(C)C(=O)N(C)Cc2cccc(F)c2)c(C)c1C(=O)OC(C)C. The number of aromatic nitrogens is 1. The molecule has 0 radical (unpaired) electrons. The summed E-state index contributed by atoms with van der Waals surface area (Å²) >= 11 is 0. The first-order chi connectivity index (χ1) is 14.0. The lowest BCUT2D eigenvalue weighted by molar-refractivity contribution is -0.139. The van der Waals surface area contributed by atoms with E-state index in [4.69, 9.17) is 9.47 Å². The number of nitrogens with zero attached hydrogens (tertiary/aromatic N) is 1. The van der Waals surface area contributed by atoms with Crippen LogP contribution in [0.15, 0.2) is 24.3 Å². The normalized spacial score (nSPS) is 11.9. The minimum atomic E-state index is -1.06. The number of hydrogen-bond donors (Lipinski definition) is 1. The zero-order chi connectivity index (χ0) is 22.6. The fourth-order valence-electron chi connectivity index (χ4n) is 3.10. The van der Waals surface area contributed by atoms with Gasteiger partial charge in [0.1, 0.15) is 11.5 Å². The summed E-state index contributed by atoms with van der Waals surface area (Å²) < 4.78 is 23.8. The second kappa shape index (κ2) is 9.56. The van der Waals surface area contributed by atoms with E-state index >= 15 is 0 Å². The molecule has 30 heavy (non-hydrogen) atoms. The molecular weight excluding hydrogens is 391 g/mol. The van der Waals surface area contributed by atoms with Gasteiger partial charge in [0.25, 0.3) is 5.91 Å². The number of amides is 1. The molecule has 0 aliphatic carbocycles. The number of carbonyl (C=O) groups excluding carboxylic acids is 3. The van der Waals surface area contributed by atoms with E-state index in [9.17, 15) is 18.8 Å². The maximum absolute atomic E-state index is 13.3. The van der Waals surface area contributed by atoms with Gasteiger partial charge < -0.3 is 19.4 Å². The fourth-order valence-corrected chi connectivity index (χ4v) is 3.10. The number of benzene rings is 1. The Morgan fingerprint density at radius 1 is 1.10 bits per heavy atom. The lowest BCUT2D eigenvalue weighted by atomic mass is 10.1. The minimum Gasteiger partial charge on any atom is -0.459 e. The molecule has 0 bridgehead atoms. The molecule has 162 valence electrons. The van der Waals surface area contributed by atoms with E-state index in [-0.39, 0.29) is 23.9 Å². The van der Waals surface area contributed by atoms with E-state index in [0.717, 1.165) is 0 Å². The average molecular weight is 418 g/mol. The van der Waals surface area contributed by atoms with Gasteiger partial charge in [-0.25, -0.2) is 14.0 Å². The molecule has 2 aromatic rings. The van der Waals surface area contributed by atoms with Crippen molar-refractivity contribution in [2.75, 3.05) is 7.05 Å². The summed E-state index contributed by atoms with van der Waals surface area (Å²) in [5.41, 5.74) is 1.87. The summed E-state index contributed by atoms with van der Waals surface area (Å²) in [5.74, 6) is -2.11. The van der Waals surface area contributed by atoms with Gasteiger partial charge in [-0.15, -0.1) is 0 Å². The molecule has 0 aliphatic rings. The largest absolute Gasteiger partial charge is 0.459 e. The number of rotatable bonds is 7. The molecule has 1 amide bonds. The van der Waals surface area contributed by atoms with Gasteiger partial charge in [-0.3, -0.25) is 4.79 Å². The van der Waals surface area contributed by atoms with Gasteiger partial charge in [0, 0.05) is 19.3 Å². The van der Waals surface area contributed by atoms with Crippen LogP contribution >= 0.6 is 0 Å². The third-order valence-corrected chi connectivity index (χ3v) is 4.51. The first-order valence-corrected chi connectivity index (χ1v) is 9.61. The molecule has 1 aromatic carbocycles. The van der Waals surface area contributed by atoms with E-state index in [1.165, 1.54) is 24.0 Å². The van der Waals surface area contributed by atoms with Crippen molar-refractivity contribution in [2.24, 2.45) is 0 Å². The van der Waals surface area contributed by atoms with Crippen LogP contribution in [-0.4, -0.2) is 47.0 Å². The van der Waals surface area contributed by atoms with Crippen molar-refractivity contribution in [3.8, 4) is 0 Å². The summed E-state index contributed by atoms with van der Waals surface area (Å²) in [5, 5.41) is 0. The Kier molecular flexibility index (Phi) is 7.37. The van der Waals surface area contributed by atoms with Crippen LogP contribution < -0.4 is 0 Å². The third-order valence-electron chi connectivity index (χ3n) is 4.51. The van der Waals surface area contributed by atoms with Crippen molar-refractivity contribution in [3.05, 3.63) is 58.2 Å². The quantitative estimate of drug-likeness (QED) is 0.695. The molecule has 1 atom stereocenters. The molecule has 0 fully saturated rings. The van der Waals surface area contributed by atoms with Gasteiger partial charge in [-0.2, -0.15) is 0 Å². The van der Waals surface area contributed by atoms with Crippen molar-refractivity contribution in [1.82, 2.24) is 9.88 Å². The highest BCUT2D eigenvalue weighted by atomic mass is 19.1. The number of H-pyrrole nitrogens is 1. The molecule has 0 spiro atoms. The minimum absolute atomic E-state index is 0.0932. The Labute approximate surface area is 175 Å². The lowest BCUT2D eigenvalue weighted by Gasteiger charge is -2.21.